The van der Waals surface area contributed by atoms with Crippen molar-refractivity contribution in [1.29, 1.82) is 0 Å². The summed E-state index contributed by atoms with van der Waals surface area (Å²) in [6.07, 6.45) is 8.66. The Kier molecular flexibility index (Phi) is 8.88. The van der Waals surface area contributed by atoms with Crippen molar-refractivity contribution < 1.29 is 0 Å². The van der Waals surface area contributed by atoms with Gasteiger partial charge < -0.3 is 11.1 Å². The second kappa shape index (κ2) is 9.84. The molecule has 3 N–H and O–H groups in total. The van der Waals surface area contributed by atoms with Gasteiger partial charge in [-0.05, 0) is 25.0 Å². The Morgan fingerprint density at radius 2 is 2.00 bits per heavy atom. The normalized spacial score (nSPS) is 17.4. The van der Waals surface area contributed by atoms with Crippen molar-refractivity contribution in [1.82, 2.24) is 5.32 Å². The predicted molar refractivity (Wildman–Crippen MR) is 99.6 cm³/mol. The summed E-state index contributed by atoms with van der Waals surface area (Å²) in [5.74, 6) is 0.592. The number of hydrogen-bond acceptors (Lipinski definition) is 2. The molecule has 0 amide bonds. The molecule has 1 aliphatic carbocycles. The van der Waals surface area contributed by atoms with Crippen molar-refractivity contribution in [3.05, 3.63) is 21.3 Å². The van der Waals surface area contributed by atoms with Gasteiger partial charge in [0.1, 0.15) is 0 Å². The van der Waals surface area contributed by atoms with Crippen LogP contribution in [0.5, 0.6) is 0 Å². The number of nitrogens with one attached hydrogen (secondary N) is 1. The van der Waals surface area contributed by atoms with Gasteiger partial charge >= 0.3 is 0 Å². The highest BCUT2D eigenvalue weighted by molar-refractivity contribution is 14.0. The summed E-state index contributed by atoms with van der Waals surface area (Å²) >= 11 is 7.50. The molecular formula is C14H23ClIN3S. The molecule has 20 heavy (non-hydrogen) atoms. The van der Waals surface area contributed by atoms with E-state index in [1.165, 1.54) is 43.4 Å². The molecule has 0 saturated heterocycles. The van der Waals surface area contributed by atoms with Crippen molar-refractivity contribution in [2.24, 2.45) is 10.7 Å². The fourth-order valence-corrected chi connectivity index (χ4v) is 3.53. The van der Waals surface area contributed by atoms with Crippen molar-refractivity contribution in [2.75, 3.05) is 6.54 Å². The van der Waals surface area contributed by atoms with Gasteiger partial charge in [0.2, 0.25) is 0 Å². The first-order valence-corrected chi connectivity index (χ1v) is 8.24. The number of hydrogen-bond donors (Lipinski definition) is 2. The number of guanidine groups is 1. The van der Waals surface area contributed by atoms with Crippen molar-refractivity contribution in [3.8, 4) is 0 Å². The molecule has 0 spiro atoms. The summed E-state index contributed by atoms with van der Waals surface area (Å²) < 4.78 is 0.837. The monoisotopic (exact) mass is 427 g/mol. The van der Waals surface area contributed by atoms with Crippen LogP contribution in [0.2, 0.25) is 4.34 Å². The Morgan fingerprint density at radius 3 is 2.60 bits per heavy atom. The van der Waals surface area contributed by atoms with Gasteiger partial charge in [-0.15, -0.1) is 35.3 Å². The van der Waals surface area contributed by atoms with Crippen LogP contribution in [-0.2, 0) is 6.42 Å². The minimum absolute atomic E-state index is 0. The van der Waals surface area contributed by atoms with Crippen molar-refractivity contribution >= 4 is 52.9 Å². The largest absolute Gasteiger partial charge is 0.370 e. The maximum atomic E-state index is 5.94. The van der Waals surface area contributed by atoms with Crippen molar-refractivity contribution in [2.45, 2.75) is 51.0 Å². The molecule has 1 aromatic heterocycles. The summed E-state index contributed by atoms with van der Waals surface area (Å²) in [5.41, 5.74) is 5.94. The molecule has 2 rings (SSSR count). The maximum Gasteiger partial charge on any atom is 0.188 e. The molecule has 1 saturated carbocycles. The number of aliphatic imine (C=N–C) groups is 1. The zero-order chi connectivity index (χ0) is 13.5. The SMILES string of the molecule is I.NC(=NCCc1ccc(Cl)s1)NC1CCCCCC1. The highest BCUT2D eigenvalue weighted by Crippen LogP contribution is 2.21. The molecule has 0 radical (unpaired) electrons. The second-order valence-electron chi connectivity index (χ2n) is 5.06. The first-order chi connectivity index (χ1) is 9.24. The van der Waals surface area contributed by atoms with Gasteiger partial charge in [-0.25, -0.2) is 0 Å². The Balaban J connectivity index is 0.00000200. The molecule has 0 bridgehead atoms. The quantitative estimate of drug-likeness (QED) is 0.328. The zero-order valence-corrected chi connectivity index (χ0v) is 15.5. The van der Waals surface area contributed by atoms with E-state index in [0.29, 0.717) is 12.0 Å². The van der Waals surface area contributed by atoms with E-state index in [4.69, 9.17) is 17.3 Å². The predicted octanol–water partition coefficient (Wildman–Crippen LogP) is 4.19. The topological polar surface area (TPSA) is 50.4 Å². The van der Waals surface area contributed by atoms with Gasteiger partial charge in [0.25, 0.3) is 0 Å². The van der Waals surface area contributed by atoms with Crippen LogP contribution in [0.15, 0.2) is 17.1 Å². The summed E-state index contributed by atoms with van der Waals surface area (Å²) in [6, 6.07) is 4.50. The average Bonchev–Trinajstić information content (AvgIpc) is 2.63. The van der Waals surface area contributed by atoms with Crippen LogP contribution in [0.3, 0.4) is 0 Å². The van der Waals surface area contributed by atoms with Gasteiger partial charge in [-0.1, -0.05) is 37.3 Å². The number of thiophene rings is 1. The zero-order valence-electron chi connectivity index (χ0n) is 11.6. The van der Waals surface area contributed by atoms with E-state index in [1.54, 1.807) is 11.3 Å². The Bertz CT molecular complexity index is 414. The van der Waals surface area contributed by atoms with Crippen LogP contribution in [0, 0.1) is 0 Å². The first kappa shape index (κ1) is 18.0. The van der Waals surface area contributed by atoms with Gasteiger partial charge in [0.15, 0.2) is 5.96 Å². The highest BCUT2D eigenvalue weighted by atomic mass is 127. The molecule has 3 nitrogen and oxygen atoms in total. The molecule has 0 aromatic carbocycles. The lowest BCUT2D eigenvalue weighted by atomic mass is 10.1. The molecule has 0 unspecified atom stereocenters. The van der Waals surface area contributed by atoms with Crippen LogP contribution < -0.4 is 11.1 Å². The summed E-state index contributed by atoms with van der Waals surface area (Å²) in [7, 11) is 0. The molecule has 1 heterocycles. The third-order valence-electron chi connectivity index (χ3n) is 3.48. The third-order valence-corrected chi connectivity index (χ3v) is 4.77. The van der Waals surface area contributed by atoms with E-state index in [0.717, 1.165) is 17.3 Å². The Labute approximate surface area is 147 Å². The van der Waals surface area contributed by atoms with E-state index in [2.05, 4.69) is 16.4 Å². The lowest BCUT2D eigenvalue weighted by Crippen LogP contribution is -2.39. The van der Waals surface area contributed by atoms with E-state index < -0.39 is 0 Å². The van der Waals surface area contributed by atoms with Crippen LogP contribution in [0.25, 0.3) is 0 Å². The van der Waals surface area contributed by atoms with Gasteiger partial charge in [-0.3, -0.25) is 4.99 Å². The lowest BCUT2D eigenvalue weighted by Gasteiger charge is -2.16. The molecule has 114 valence electrons. The van der Waals surface area contributed by atoms with E-state index >= 15 is 0 Å². The third kappa shape index (κ3) is 6.63. The molecule has 0 atom stereocenters. The van der Waals surface area contributed by atoms with Crippen LogP contribution in [0.4, 0.5) is 0 Å². The van der Waals surface area contributed by atoms with E-state index in [9.17, 15) is 0 Å². The standard InChI is InChI=1S/C14H22ClN3S.HI/c15-13-8-7-12(19-13)9-10-17-14(16)18-11-5-3-1-2-4-6-11;/h7-8,11H,1-6,9-10H2,(H3,16,17,18);1H. The number of halogens is 2. The number of nitrogens with zero attached hydrogens (tertiary/aromatic N) is 1. The smallest absolute Gasteiger partial charge is 0.188 e. The number of nitrogens with two attached hydrogens (primary N) is 1. The Hall–Kier alpha value is -0.0100. The average molecular weight is 428 g/mol. The molecule has 1 fully saturated rings. The minimum atomic E-state index is 0. The van der Waals surface area contributed by atoms with Crippen LogP contribution >= 0.6 is 46.9 Å². The fourth-order valence-electron chi connectivity index (χ4n) is 2.45. The summed E-state index contributed by atoms with van der Waals surface area (Å²) in [5, 5.41) is 3.36. The van der Waals surface area contributed by atoms with E-state index in [-0.39, 0.29) is 24.0 Å². The molecule has 6 heteroatoms. The molecule has 1 aromatic rings. The maximum absolute atomic E-state index is 5.94. The second-order valence-corrected chi connectivity index (χ2v) is 6.86. The van der Waals surface area contributed by atoms with Gasteiger partial charge in [0.05, 0.1) is 4.34 Å². The highest BCUT2D eigenvalue weighted by Gasteiger charge is 2.12. The summed E-state index contributed by atoms with van der Waals surface area (Å²) in [6.45, 7) is 0.725. The number of rotatable bonds is 4. The molecule has 0 aliphatic heterocycles. The van der Waals surface area contributed by atoms with Crippen LogP contribution in [0.1, 0.15) is 43.4 Å². The molecular weight excluding hydrogens is 405 g/mol. The van der Waals surface area contributed by atoms with Crippen molar-refractivity contribution in [3.63, 3.8) is 0 Å². The van der Waals surface area contributed by atoms with E-state index in [1.807, 2.05) is 6.07 Å². The van der Waals surface area contributed by atoms with Gasteiger partial charge in [0, 0.05) is 23.9 Å². The molecule has 1 aliphatic rings. The first-order valence-electron chi connectivity index (χ1n) is 7.05. The Morgan fingerprint density at radius 1 is 1.30 bits per heavy atom. The van der Waals surface area contributed by atoms with Crippen LogP contribution in [-0.4, -0.2) is 18.5 Å². The van der Waals surface area contributed by atoms with Gasteiger partial charge in [-0.2, -0.15) is 0 Å². The summed E-state index contributed by atoms with van der Waals surface area (Å²) in [4.78, 5) is 5.66. The fraction of sp³-hybridized carbons (Fsp3) is 0.643. The minimum Gasteiger partial charge on any atom is -0.370 e. The lowest BCUT2D eigenvalue weighted by molar-refractivity contribution is 0.530.